The average molecular weight is 192 g/mol. The first-order valence-electron chi connectivity index (χ1n) is 3.78. The van der Waals surface area contributed by atoms with Crippen LogP contribution in [0.1, 0.15) is 0 Å². The molecule has 0 aliphatic heterocycles. The molecular formula is C8H8N4S. The molecule has 0 amide bonds. The van der Waals surface area contributed by atoms with Crippen LogP contribution in [0.2, 0.25) is 0 Å². The Balaban J connectivity index is 2.19. The minimum Gasteiger partial charge on any atom is -0.228 e. The molecule has 2 aromatic rings. The summed E-state index contributed by atoms with van der Waals surface area (Å²) in [6, 6.07) is 7.47. The highest BCUT2D eigenvalue weighted by Gasteiger charge is 1.91. The van der Waals surface area contributed by atoms with Crippen molar-refractivity contribution in [3.63, 3.8) is 0 Å². The standard InChI is InChI=1S/C8H8N4S/c13-8-4-3-7-12(8)10-9-11-5-1-2-6-11/h1-7,13H/b10-9+. The van der Waals surface area contributed by atoms with Crippen molar-refractivity contribution in [1.29, 1.82) is 0 Å². The van der Waals surface area contributed by atoms with E-state index < -0.39 is 0 Å². The van der Waals surface area contributed by atoms with Gasteiger partial charge in [0.2, 0.25) is 0 Å². The van der Waals surface area contributed by atoms with Gasteiger partial charge in [-0.15, -0.1) is 12.6 Å². The van der Waals surface area contributed by atoms with Gasteiger partial charge in [-0.25, -0.2) is 9.35 Å². The monoisotopic (exact) mass is 192 g/mol. The van der Waals surface area contributed by atoms with Crippen LogP contribution in [0.15, 0.2) is 58.3 Å². The first-order chi connectivity index (χ1) is 6.36. The second-order valence-corrected chi connectivity index (χ2v) is 2.91. The molecule has 66 valence electrons. The maximum Gasteiger partial charge on any atom is 0.0963 e. The molecule has 0 unspecified atom stereocenters. The van der Waals surface area contributed by atoms with Gasteiger partial charge in [0.1, 0.15) is 0 Å². The lowest BCUT2D eigenvalue weighted by Crippen LogP contribution is -1.87. The molecule has 2 heterocycles. The third kappa shape index (κ3) is 1.81. The molecule has 0 aliphatic rings. The molecule has 5 heteroatoms. The van der Waals surface area contributed by atoms with Crippen molar-refractivity contribution in [2.75, 3.05) is 0 Å². The van der Waals surface area contributed by atoms with Gasteiger partial charge >= 0.3 is 0 Å². The van der Waals surface area contributed by atoms with E-state index in [0.717, 1.165) is 5.03 Å². The van der Waals surface area contributed by atoms with E-state index in [1.165, 1.54) is 0 Å². The molecule has 0 atom stereocenters. The molecule has 0 aliphatic carbocycles. The van der Waals surface area contributed by atoms with Crippen LogP contribution in [-0.2, 0) is 0 Å². The summed E-state index contributed by atoms with van der Waals surface area (Å²) in [5, 5.41) is 8.62. The summed E-state index contributed by atoms with van der Waals surface area (Å²) >= 11 is 4.18. The molecule has 0 bridgehead atoms. The summed E-state index contributed by atoms with van der Waals surface area (Å²) in [6.45, 7) is 0. The Labute approximate surface area is 80.9 Å². The van der Waals surface area contributed by atoms with Gasteiger partial charge in [-0.05, 0) is 34.7 Å². The normalized spacial score (nSPS) is 11.2. The first kappa shape index (κ1) is 8.12. The largest absolute Gasteiger partial charge is 0.228 e. The third-order valence-electron chi connectivity index (χ3n) is 1.54. The molecule has 0 aromatic carbocycles. The van der Waals surface area contributed by atoms with E-state index in [4.69, 9.17) is 0 Å². The van der Waals surface area contributed by atoms with Gasteiger partial charge in [-0.3, -0.25) is 0 Å². The summed E-state index contributed by atoms with van der Waals surface area (Å²) in [5.41, 5.74) is 0. The highest BCUT2D eigenvalue weighted by Crippen LogP contribution is 2.06. The van der Waals surface area contributed by atoms with Crippen LogP contribution in [0.5, 0.6) is 0 Å². The van der Waals surface area contributed by atoms with E-state index in [0.29, 0.717) is 0 Å². The fourth-order valence-corrected chi connectivity index (χ4v) is 1.11. The summed E-state index contributed by atoms with van der Waals surface area (Å²) in [5.74, 6) is 0. The predicted molar refractivity (Wildman–Crippen MR) is 51.8 cm³/mol. The Bertz CT molecular complexity index is 401. The first-order valence-corrected chi connectivity index (χ1v) is 4.22. The zero-order valence-electron chi connectivity index (χ0n) is 6.78. The van der Waals surface area contributed by atoms with Crippen molar-refractivity contribution in [3.8, 4) is 0 Å². The lowest BCUT2D eigenvalue weighted by Gasteiger charge is -1.93. The fraction of sp³-hybridized carbons (Fsp3) is 0. The van der Waals surface area contributed by atoms with Crippen molar-refractivity contribution >= 4 is 12.6 Å². The van der Waals surface area contributed by atoms with E-state index in [1.54, 1.807) is 15.5 Å². The second-order valence-electron chi connectivity index (χ2n) is 2.45. The average Bonchev–Trinajstić information content (AvgIpc) is 2.72. The lowest BCUT2D eigenvalue weighted by molar-refractivity contribution is 0.657. The van der Waals surface area contributed by atoms with Crippen molar-refractivity contribution in [1.82, 2.24) is 9.35 Å². The quantitative estimate of drug-likeness (QED) is 0.559. The van der Waals surface area contributed by atoms with Crippen LogP contribution in [0, 0.1) is 0 Å². The topological polar surface area (TPSA) is 34.6 Å². The minimum absolute atomic E-state index is 0.760. The molecule has 0 saturated carbocycles. The molecular weight excluding hydrogens is 184 g/mol. The number of nitrogens with zero attached hydrogens (tertiary/aromatic N) is 4. The zero-order chi connectivity index (χ0) is 9.10. The number of rotatable bonds is 2. The van der Waals surface area contributed by atoms with E-state index in [9.17, 15) is 0 Å². The smallest absolute Gasteiger partial charge is 0.0963 e. The molecule has 0 spiro atoms. The van der Waals surface area contributed by atoms with Crippen molar-refractivity contribution in [2.45, 2.75) is 5.03 Å². The molecule has 0 saturated heterocycles. The molecule has 4 nitrogen and oxygen atoms in total. The van der Waals surface area contributed by atoms with Crippen LogP contribution in [0.3, 0.4) is 0 Å². The van der Waals surface area contributed by atoms with Gasteiger partial charge in [0.05, 0.1) is 5.03 Å². The predicted octanol–water partition coefficient (Wildman–Crippen LogP) is 2.26. The summed E-state index contributed by atoms with van der Waals surface area (Å²) in [4.78, 5) is 0. The molecule has 13 heavy (non-hydrogen) atoms. The van der Waals surface area contributed by atoms with E-state index >= 15 is 0 Å². The summed E-state index contributed by atoms with van der Waals surface area (Å²) in [6.07, 6.45) is 5.41. The SMILES string of the molecule is Sc1cccn1/N=N/n1cccc1. The summed E-state index contributed by atoms with van der Waals surface area (Å²) < 4.78 is 3.20. The van der Waals surface area contributed by atoms with Crippen LogP contribution >= 0.6 is 12.6 Å². The highest BCUT2D eigenvalue weighted by atomic mass is 32.1. The van der Waals surface area contributed by atoms with Gasteiger partial charge < -0.3 is 0 Å². The lowest BCUT2D eigenvalue weighted by atomic mass is 10.7. The molecule has 2 rings (SSSR count). The molecule has 0 fully saturated rings. The zero-order valence-corrected chi connectivity index (χ0v) is 7.67. The van der Waals surface area contributed by atoms with Crippen LogP contribution in [0.4, 0.5) is 0 Å². The summed E-state index contributed by atoms with van der Waals surface area (Å²) in [7, 11) is 0. The van der Waals surface area contributed by atoms with Crippen LogP contribution < -0.4 is 0 Å². The van der Waals surface area contributed by atoms with Gasteiger partial charge in [0, 0.05) is 18.6 Å². The van der Waals surface area contributed by atoms with Gasteiger partial charge in [0.25, 0.3) is 0 Å². The molecule has 2 aromatic heterocycles. The van der Waals surface area contributed by atoms with Gasteiger partial charge in [-0.2, -0.15) is 0 Å². The maximum atomic E-state index is 4.18. The van der Waals surface area contributed by atoms with Crippen molar-refractivity contribution < 1.29 is 0 Å². The van der Waals surface area contributed by atoms with E-state index in [2.05, 4.69) is 23.1 Å². The van der Waals surface area contributed by atoms with Gasteiger partial charge in [-0.1, -0.05) is 0 Å². The number of hydrogen-bond acceptors (Lipinski definition) is 3. The van der Waals surface area contributed by atoms with E-state index in [1.807, 2.05) is 36.7 Å². The fourth-order valence-electron chi connectivity index (χ4n) is 0.913. The Morgan fingerprint density at radius 2 is 1.77 bits per heavy atom. The minimum atomic E-state index is 0.760. The second kappa shape index (κ2) is 3.49. The highest BCUT2D eigenvalue weighted by molar-refractivity contribution is 7.80. The van der Waals surface area contributed by atoms with Crippen molar-refractivity contribution in [2.24, 2.45) is 10.4 Å². The molecule has 0 radical (unpaired) electrons. The number of thiol groups is 1. The van der Waals surface area contributed by atoms with Crippen molar-refractivity contribution in [3.05, 3.63) is 42.9 Å². The van der Waals surface area contributed by atoms with E-state index in [-0.39, 0.29) is 0 Å². The van der Waals surface area contributed by atoms with Crippen LogP contribution in [0.25, 0.3) is 0 Å². The number of hydrogen-bond donors (Lipinski definition) is 1. The molecule has 0 N–H and O–H groups in total. The Kier molecular flexibility index (Phi) is 2.18. The number of aromatic nitrogens is 2. The third-order valence-corrected chi connectivity index (χ3v) is 1.89. The van der Waals surface area contributed by atoms with Crippen LogP contribution in [-0.4, -0.2) is 9.35 Å². The Morgan fingerprint density at radius 1 is 1.00 bits per heavy atom. The Morgan fingerprint density at radius 3 is 2.38 bits per heavy atom. The van der Waals surface area contributed by atoms with Gasteiger partial charge in [0.15, 0.2) is 0 Å². The maximum absolute atomic E-state index is 4.18. The Hall–Kier alpha value is -1.49.